The van der Waals surface area contributed by atoms with Crippen molar-refractivity contribution in [1.29, 1.82) is 0 Å². The van der Waals surface area contributed by atoms with E-state index < -0.39 is 4.92 Å². The SMILES string of the molecule is O=[N+]([O-])CC(=NCc1cnc(Cl)s1)NCc1cnc(Cl)s1. The second-order valence-corrected chi connectivity index (χ2v) is 7.16. The van der Waals surface area contributed by atoms with Crippen LogP contribution in [0.4, 0.5) is 0 Å². The quantitative estimate of drug-likeness (QED) is 0.367. The zero-order valence-corrected chi connectivity index (χ0v) is 13.6. The molecule has 0 aliphatic rings. The minimum absolute atomic E-state index is 0.286. The number of nitrogens with zero attached hydrogens (tertiary/aromatic N) is 4. The predicted molar refractivity (Wildman–Crippen MR) is 84.1 cm³/mol. The molecule has 0 unspecified atom stereocenters. The largest absolute Gasteiger partial charge is 0.363 e. The standard InChI is InChI=1S/C10H9Cl2N5O2S2/c11-9-15-3-6(20-9)1-13-8(5-17(18)19)14-2-7-4-16-10(12)21-7/h3-4H,1-2,5H2,(H,13,14). The van der Waals surface area contributed by atoms with Gasteiger partial charge in [-0.1, -0.05) is 23.2 Å². The fourth-order valence-electron chi connectivity index (χ4n) is 1.37. The minimum atomic E-state index is -0.439. The van der Waals surface area contributed by atoms with Crippen LogP contribution in [0.3, 0.4) is 0 Å². The first-order valence-electron chi connectivity index (χ1n) is 5.62. The Bertz CT molecular complexity index is 657. The van der Waals surface area contributed by atoms with Crippen LogP contribution in [0.1, 0.15) is 9.75 Å². The highest BCUT2D eigenvalue weighted by molar-refractivity contribution is 7.16. The molecular weight excluding hydrogens is 357 g/mol. The molecule has 0 radical (unpaired) electrons. The topological polar surface area (TPSA) is 93.3 Å². The summed E-state index contributed by atoms with van der Waals surface area (Å²) in [5, 5.41) is 13.6. The molecule has 0 saturated carbocycles. The Hall–Kier alpha value is -1.29. The molecule has 0 spiro atoms. The van der Waals surface area contributed by atoms with Crippen LogP contribution < -0.4 is 5.32 Å². The second-order valence-electron chi connectivity index (χ2n) is 3.77. The van der Waals surface area contributed by atoms with Crippen LogP contribution in [0.5, 0.6) is 0 Å². The fraction of sp³-hybridized carbons (Fsp3) is 0.300. The molecule has 2 heterocycles. The van der Waals surface area contributed by atoms with Gasteiger partial charge in [0.1, 0.15) is 0 Å². The number of rotatable bonds is 6. The van der Waals surface area contributed by atoms with Crippen molar-refractivity contribution in [2.75, 3.05) is 6.54 Å². The first kappa shape index (κ1) is 16.1. The van der Waals surface area contributed by atoms with Crippen molar-refractivity contribution < 1.29 is 4.92 Å². The van der Waals surface area contributed by atoms with Crippen LogP contribution in [0.25, 0.3) is 0 Å². The summed E-state index contributed by atoms with van der Waals surface area (Å²) >= 11 is 14.0. The lowest BCUT2D eigenvalue weighted by molar-refractivity contribution is -0.463. The van der Waals surface area contributed by atoms with Crippen LogP contribution in [0, 0.1) is 10.1 Å². The van der Waals surface area contributed by atoms with Crippen molar-refractivity contribution in [2.24, 2.45) is 4.99 Å². The van der Waals surface area contributed by atoms with E-state index in [1.165, 1.54) is 22.7 Å². The Morgan fingerprint density at radius 2 is 1.90 bits per heavy atom. The Morgan fingerprint density at radius 1 is 1.29 bits per heavy atom. The highest BCUT2D eigenvalue weighted by Crippen LogP contribution is 2.19. The van der Waals surface area contributed by atoms with E-state index in [9.17, 15) is 10.1 Å². The zero-order chi connectivity index (χ0) is 15.2. The van der Waals surface area contributed by atoms with Gasteiger partial charge in [-0.2, -0.15) is 0 Å². The number of thiazole rings is 2. The third-order valence-electron chi connectivity index (χ3n) is 2.22. The normalized spacial score (nSPS) is 11.6. The van der Waals surface area contributed by atoms with Crippen molar-refractivity contribution in [2.45, 2.75) is 13.1 Å². The number of aliphatic imine (C=N–C) groups is 1. The first-order valence-corrected chi connectivity index (χ1v) is 8.01. The van der Waals surface area contributed by atoms with E-state index in [4.69, 9.17) is 23.2 Å². The molecule has 2 aromatic rings. The van der Waals surface area contributed by atoms with E-state index in [-0.39, 0.29) is 12.4 Å². The molecular formula is C10H9Cl2N5O2S2. The summed E-state index contributed by atoms with van der Waals surface area (Å²) in [4.78, 5) is 23.9. The average Bonchev–Trinajstić information content (AvgIpc) is 3.01. The number of hydrogen-bond donors (Lipinski definition) is 1. The lowest BCUT2D eigenvalue weighted by Gasteiger charge is -2.04. The molecule has 2 aromatic heterocycles. The fourth-order valence-corrected chi connectivity index (χ4v) is 3.19. The Balaban J connectivity index is 1.97. The van der Waals surface area contributed by atoms with E-state index in [1.807, 2.05) is 0 Å². The van der Waals surface area contributed by atoms with Crippen LogP contribution >= 0.6 is 45.9 Å². The lowest BCUT2D eigenvalue weighted by Crippen LogP contribution is -2.29. The molecule has 2 rings (SSSR count). The van der Waals surface area contributed by atoms with Gasteiger partial charge in [-0.3, -0.25) is 15.1 Å². The number of amidine groups is 1. The average molecular weight is 366 g/mol. The van der Waals surface area contributed by atoms with Gasteiger partial charge in [0, 0.05) is 27.1 Å². The molecule has 11 heteroatoms. The Morgan fingerprint density at radius 3 is 2.43 bits per heavy atom. The van der Waals surface area contributed by atoms with Gasteiger partial charge in [-0.15, -0.1) is 22.7 Å². The van der Waals surface area contributed by atoms with Crippen LogP contribution in [0.2, 0.25) is 8.93 Å². The summed E-state index contributed by atoms with van der Waals surface area (Å²) in [6, 6.07) is 0. The summed E-state index contributed by atoms with van der Waals surface area (Å²) in [5.41, 5.74) is 0. The highest BCUT2D eigenvalue weighted by Gasteiger charge is 2.09. The molecule has 21 heavy (non-hydrogen) atoms. The second kappa shape index (κ2) is 7.64. The van der Waals surface area contributed by atoms with Crippen molar-refractivity contribution >= 4 is 51.7 Å². The summed E-state index contributed by atoms with van der Waals surface area (Å²) in [5.74, 6) is 0.286. The molecule has 0 aliphatic carbocycles. The highest BCUT2D eigenvalue weighted by atomic mass is 35.5. The molecule has 0 amide bonds. The maximum absolute atomic E-state index is 10.7. The van der Waals surface area contributed by atoms with Crippen molar-refractivity contribution in [3.05, 3.63) is 41.2 Å². The van der Waals surface area contributed by atoms with E-state index in [0.717, 1.165) is 9.75 Å². The van der Waals surface area contributed by atoms with E-state index in [1.54, 1.807) is 12.4 Å². The summed E-state index contributed by atoms with van der Waals surface area (Å²) in [7, 11) is 0. The van der Waals surface area contributed by atoms with E-state index >= 15 is 0 Å². The van der Waals surface area contributed by atoms with E-state index in [0.29, 0.717) is 22.0 Å². The Labute approximate surface area is 137 Å². The molecule has 0 fully saturated rings. The minimum Gasteiger partial charge on any atom is -0.363 e. The molecule has 112 valence electrons. The number of nitro groups is 1. The van der Waals surface area contributed by atoms with Crippen molar-refractivity contribution in [3.8, 4) is 0 Å². The summed E-state index contributed by atoms with van der Waals surface area (Å²) < 4.78 is 0.849. The maximum atomic E-state index is 10.7. The third-order valence-corrected chi connectivity index (χ3v) is 4.44. The van der Waals surface area contributed by atoms with E-state index in [2.05, 4.69) is 20.3 Å². The number of hydrogen-bond acceptors (Lipinski definition) is 7. The molecule has 0 aliphatic heterocycles. The van der Waals surface area contributed by atoms with Gasteiger partial charge in [0.25, 0.3) is 6.54 Å². The zero-order valence-electron chi connectivity index (χ0n) is 10.5. The van der Waals surface area contributed by atoms with Gasteiger partial charge < -0.3 is 5.32 Å². The van der Waals surface area contributed by atoms with Crippen LogP contribution in [-0.2, 0) is 13.1 Å². The van der Waals surface area contributed by atoms with Gasteiger partial charge in [0.15, 0.2) is 14.8 Å². The van der Waals surface area contributed by atoms with Gasteiger partial charge in [-0.25, -0.2) is 9.97 Å². The van der Waals surface area contributed by atoms with Crippen LogP contribution in [-0.4, -0.2) is 27.3 Å². The molecule has 7 nitrogen and oxygen atoms in total. The predicted octanol–water partition coefficient (Wildman–Crippen LogP) is 2.87. The smallest absolute Gasteiger partial charge is 0.259 e. The third kappa shape index (κ3) is 5.54. The van der Waals surface area contributed by atoms with Crippen molar-refractivity contribution in [1.82, 2.24) is 15.3 Å². The van der Waals surface area contributed by atoms with Gasteiger partial charge >= 0.3 is 0 Å². The number of nitrogens with one attached hydrogen (secondary N) is 1. The molecule has 0 saturated heterocycles. The first-order chi connectivity index (χ1) is 10.0. The molecule has 0 bridgehead atoms. The van der Waals surface area contributed by atoms with Gasteiger partial charge in [0.2, 0.25) is 0 Å². The van der Waals surface area contributed by atoms with Gasteiger partial charge in [0.05, 0.1) is 13.1 Å². The number of aromatic nitrogens is 2. The summed E-state index contributed by atoms with van der Waals surface area (Å²) in [6.07, 6.45) is 3.22. The summed E-state index contributed by atoms with van der Waals surface area (Å²) in [6.45, 7) is 0.309. The maximum Gasteiger partial charge on any atom is 0.259 e. The van der Waals surface area contributed by atoms with Crippen LogP contribution in [0.15, 0.2) is 17.4 Å². The lowest BCUT2D eigenvalue weighted by atomic mass is 10.4. The molecule has 0 atom stereocenters. The van der Waals surface area contributed by atoms with Crippen molar-refractivity contribution in [3.63, 3.8) is 0 Å². The monoisotopic (exact) mass is 365 g/mol. The Kier molecular flexibility index (Phi) is 5.85. The molecule has 1 N–H and O–H groups in total. The molecule has 0 aromatic carbocycles. The van der Waals surface area contributed by atoms with Gasteiger partial charge in [-0.05, 0) is 0 Å². The number of halogens is 2.